The Morgan fingerprint density at radius 1 is 1.29 bits per heavy atom. The Balaban J connectivity index is 1.78. The van der Waals surface area contributed by atoms with Gasteiger partial charge < -0.3 is 10.5 Å². The van der Waals surface area contributed by atoms with Crippen molar-refractivity contribution in [1.29, 1.82) is 0 Å². The summed E-state index contributed by atoms with van der Waals surface area (Å²) in [6, 6.07) is 0.0258. The number of hydrogen-bond acceptors (Lipinski definition) is 3. The van der Waals surface area contributed by atoms with Gasteiger partial charge in [0, 0.05) is 6.04 Å². The first-order chi connectivity index (χ1) is 7.96. The molecule has 1 saturated carbocycles. The predicted octanol–water partition coefficient (Wildman–Crippen LogP) is 2.40. The second kappa shape index (κ2) is 4.81. The molecule has 2 aliphatic rings. The van der Waals surface area contributed by atoms with E-state index in [1.807, 2.05) is 12.2 Å². The maximum absolute atomic E-state index is 11.9. The summed E-state index contributed by atoms with van der Waals surface area (Å²) in [5.74, 6) is -0.196. The first kappa shape index (κ1) is 12.6. The van der Waals surface area contributed by atoms with Gasteiger partial charge in [-0.25, -0.2) is 0 Å². The zero-order chi connectivity index (χ0) is 12.5. The molecule has 2 unspecified atom stereocenters. The molecule has 2 atom stereocenters. The first-order valence-electron chi connectivity index (χ1n) is 6.61. The lowest BCUT2D eigenvalue weighted by Crippen LogP contribution is -2.30. The fourth-order valence-corrected chi connectivity index (χ4v) is 2.64. The molecule has 0 bridgehead atoms. The van der Waals surface area contributed by atoms with Crippen LogP contribution in [0.15, 0.2) is 12.2 Å². The van der Waals surface area contributed by atoms with E-state index in [9.17, 15) is 4.79 Å². The summed E-state index contributed by atoms with van der Waals surface area (Å²) in [7, 11) is 0. The van der Waals surface area contributed by atoms with E-state index in [0.717, 1.165) is 25.7 Å². The highest BCUT2D eigenvalue weighted by molar-refractivity contribution is 5.75. The van der Waals surface area contributed by atoms with Crippen LogP contribution in [0.4, 0.5) is 0 Å². The Bertz CT molecular complexity index is 312. The van der Waals surface area contributed by atoms with Crippen molar-refractivity contribution in [2.45, 2.75) is 58.1 Å². The van der Waals surface area contributed by atoms with Gasteiger partial charge in [-0.2, -0.15) is 0 Å². The van der Waals surface area contributed by atoms with Gasteiger partial charge in [0.1, 0.15) is 6.10 Å². The van der Waals surface area contributed by atoms with Crippen molar-refractivity contribution in [2.75, 3.05) is 0 Å². The Labute approximate surface area is 103 Å². The number of carbonyl (C=O) groups is 1. The Morgan fingerprint density at radius 3 is 2.47 bits per heavy atom. The number of esters is 1. The monoisotopic (exact) mass is 237 g/mol. The molecule has 2 aliphatic carbocycles. The quantitative estimate of drug-likeness (QED) is 0.592. The Hall–Kier alpha value is -0.830. The summed E-state index contributed by atoms with van der Waals surface area (Å²) in [6.07, 6.45) is 8.91. The standard InChI is InChI=1S/C14H23NO2/c1-14(2)7-5-12(6-8-14)17-13(16)10-3-4-11(15)9-10/h3-4,10-12H,5-9,15H2,1-2H3. The molecule has 0 aliphatic heterocycles. The number of rotatable bonds is 2. The lowest BCUT2D eigenvalue weighted by molar-refractivity contribution is -0.154. The van der Waals surface area contributed by atoms with Crippen LogP contribution in [0.3, 0.4) is 0 Å². The molecule has 1 fully saturated rings. The predicted molar refractivity (Wildman–Crippen MR) is 67.4 cm³/mol. The fraction of sp³-hybridized carbons (Fsp3) is 0.786. The minimum atomic E-state index is -0.111. The van der Waals surface area contributed by atoms with E-state index in [0.29, 0.717) is 11.8 Å². The molecule has 0 aromatic heterocycles. The van der Waals surface area contributed by atoms with Gasteiger partial charge in [0.2, 0.25) is 0 Å². The molecule has 2 N–H and O–H groups in total. The third kappa shape index (κ3) is 3.32. The first-order valence-corrected chi connectivity index (χ1v) is 6.61. The Kier molecular flexibility index (Phi) is 3.57. The van der Waals surface area contributed by atoms with Crippen LogP contribution in [0.25, 0.3) is 0 Å². The largest absolute Gasteiger partial charge is 0.462 e. The summed E-state index contributed by atoms with van der Waals surface area (Å²) < 4.78 is 5.57. The van der Waals surface area contributed by atoms with Gasteiger partial charge >= 0.3 is 5.97 Å². The van der Waals surface area contributed by atoms with Crippen molar-refractivity contribution >= 4 is 5.97 Å². The van der Waals surface area contributed by atoms with Crippen LogP contribution < -0.4 is 5.73 Å². The Morgan fingerprint density at radius 2 is 1.94 bits per heavy atom. The van der Waals surface area contributed by atoms with E-state index in [1.165, 1.54) is 0 Å². The molecule has 17 heavy (non-hydrogen) atoms. The molecule has 0 aromatic rings. The average molecular weight is 237 g/mol. The molecule has 2 rings (SSSR count). The summed E-state index contributed by atoms with van der Waals surface area (Å²) in [5, 5.41) is 0. The zero-order valence-electron chi connectivity index (χ0n) is 10.8. The molecule has 3 nitrogen and oxygen atoms in total. The normalized spacial score (nSPS) is 32.6. The highest BCUT2D eigenvalue weighted by Gasteiger charge is 2.31. The van der Waals surface area contributed by atoms with Gasteiger partial charge in [-0.15, -0.1) is 0 Å². The minimum absolute atomic E-state index is 0.0258. The zero-order valence-corrected chi connectivity index (χ0v) is 10.8. The maximum Gasteiger partial charge on any atom is 0.313 e. The van der Waals surface area contributed by atoms with Crippen LogP contribution in [-0.2, 0) is 9.53 Å². The number of ether oxygens (including phenoxy) is 1. The molecular formula is C14H23NO2. The lowest BCUT2D eigenvalue weighted by atomic mass is 9.76. The van der Waals surface area contributed by atoms with Crippen LogP contribution in [0.5, 0.6) is 0 Å². The van der Waals surface area contributed by atoms with Gasteiger partial charge in [0.15, 0.2) is 0 Å². The van der Waals surface area contributed by atoms with Crippen LogP contribution in [0.1, 0.15) is 46.0 Å². The van der Waals surface area contributed by atoms with Gasteiger partial charge in [-0.3, -0.25) is 4.79 Å². The molecule has 3 heteroatoms. The molecule has 0 amide bonds. The van der Waals surface area contributed by atoms with Crippen molar-refractivity contribution in [3.8, 4) is 0 Å². The molecule has 0 saturated heterocycles. The second-order valence-electron chi connectivity index (χ2n) is 6.19. The van der Waals surface area contributed by atoms with Crippen molar-refractivity contribution in [3.05, 3.63) is 12.2 Å². The van der Waals surface area contributed by atoms with E-state index in [-0.39, 0.29) is 24.0 Å². The van der Waals surface area contributed by atoms with Gasteiger partial charge in [-0.05, 0) is 37.5 Å². The topological polar surface area (TPSA) is 52.3 Å². The molecule has 0 aromatic carbocycles. The van der Waals surface area contributed by atoms with Crippen molar-refractivity contribution in [2.24, 2.45) is 17.1 Å². The number of hydrogen-bond donors (Lipinski definition) is 1. The van der Waals surface area contributed by atoms with E-state index < -0.39 is 0 Å². The summed E-state index contributed by atoms with van der Waals surface area (Å²) in [6.45, 7) is 4.56. The van der Waals surface area contributed by atoms with Crippen molar-refractivity contribution < 1.29 is 9.53 Å². The van der Waals surface area contributed by atoms with Gasteiger partial charge in [0.25, 0.3) is 0 Å². The smallest absolute Gasteiger partial charge is 0.313 e. The third-order valence-electron chi connectivity index (χ3n) is 3.99. The third-order valence-corrected chi connectivity index (χ3v) is 3.99. The highest BCUT2D eigenvalue weighted by atomic mass is 16.5. The van der Waals surface area contributed by atoms with E-state index in [4.69, 9.17) is 10.5 Å². The van der Waals surface area contributed by atoms with Gasteiger partial charge in [-0.1, -0.05) is 26.0 Å². The molecule has 0 radical (unpaired) electrons. The van der Waals surface area contributed by atoms with E-state index >= 15 is 0 Å². The second-order valence-corrected chi connectivity index (χ2v) is 6.19. The summed E-state index contributed by atoms with van der Waals surface area (Å²) >= 11 is 0. The van der Waals surface area contributed by atoms with Crippen molar-refractivity contribution in [1.82, 2.24) is 0 Å². The van der Waals surface area contributed by atoms with E-state index in [1.54, 1.807) is 0 Å². The van der Waals surface area contributed by atoms with Crippen LogP contribution in [0.2, 0.25) is 0 Å². The van der Waals surface area contributed by atoms with E-state index in [2.05, 4.69) is 13.8 Å². The molecule has 0 heterocycles. The van der Waals surface area contributed by atoms with Gasteiger partial charge in [0.05, 0.1) is 5.92 Å². The average Bonchev–Trinajstić information content (AvgIpc) is 2.68. The minimum Gasteiger partial charge on any atom is -0.462 e. The van der Waals surface area contributed by atoms with Crippen LogP contribution in [-0.4, -0.2) is 18.1 Å². The fourth-order valence-electron chi connectivity index (χ4n) is 2.64. The SMILES string of the molecule is CC1(C)CCC(OC(=O)C2C=CC(N)C2)CC1. The molecule has 0 spiro atoms. The maximum atomic E-state index is 11.9. The van der Waals surface area contributed by atoms with Crippen LogP contribution >= 0.6 is 0 Å². The highest BCUT2D eigenvalue weighted by Crippen LogP contribution is 2.36. The molecular weight excluding hydrogens is 214 g/mol. The number of carbonyl (C=O) groups excluding carboxylic acids is 1. The molecule has 96 valence electrons. The van der Waals surface area contributed by atoms with Crippen LogP contribution in [0, 0.1) is 11.3 Å². The number of nitrogens with two attached hydrogens (primary N) is 1. The lowest BCUT2D eigenvalue weighted by Gasteiger charge is -2.34. The summed E-state index contributed by atoms with van der Waals surface area (Å²) in [4.78, 5) is 11.9. The van der Waals surface area contributed by atoms with Crippen molar-refractivity contribution in [3.63, 3.8) is 0 Å². The summed E-state index contributed by atoms with van der Waals surface area (Å²) in [5.41, 5.74) is 6.15.